The van der Waals surface area contributed by atoms with Gasteiger partial charge in [-0.3, -0.25) is 4.79 Å². The van der Waals surface area contributed by atoms with Gasteiger partial charge in [0.25, 0.3) is 0 Å². The molecule has 2 heterocycles. The van der Waals surface area contributed by atoms with Crippen LogP contribution in [0.1, 0.15) is 0 Å². The van der Waals surface area contributed by atoms with E-state index in [1.165, 1.54) is 6.07 Å². The molecule has 6 nitrogen and oxygen atoms in total. The van der Waals surface area contributed by atoms with E-state index in [4.69, 9.17) is 0 Å². The second-order valence-electron chi connectivity index (χ2n) is 5.96. The molecular formula is C17H16F4N4O2. The van der Waals surface area contributed by atoms with Gasteiger partial charge in [0.2, 0.25) is 5.91 Å². The summed E-state index contributed by atoms with van der Waals surface area (Å²) in [6, 6.07) is 4.64. The Balaban J connectivity index is 1.84. The highest BCUT2D eigenvalue weighted by atomic mass is 19.4. The Morgan fingerprint density at radius 3 is 2.81 bits per heavy atom. The smallest absolute Gasteiger partial charge is 0.406 e. The van der Waals surface area contributed by atoms with Crippen LogP contribution in [0.15, 0.2) is 43.1 Å². The Morgan fingerprint density at radius 1 is 1.37 bits per heavy atom. The summed E-state index contributed by atoms with van der Waals surface area (Å²) in [4.78, 5) is 13.0. The van der Waals surface area contributed by atoms with E-state index in [0.717, 1.165) is 12.1 Å². The van der Waals surface area contributed by atoms with Crippen molar-refractivity contribution in [3.63, 3.8) is 0 Å². The van der Waals surface area contributed by atoms with Gasteiger partial charge in [0.05, 0.1) is 11.9 Å². The van der Waals surface area contributed by atoms with E-state index in [2.05, 4.69) is 21.7 Å². The molecule has 2 aromatic rings. The predicted molar refractivity (Wildman–Crippen MR) is 89.0 cm³/mol. The normalized spacial score (nSPS) is 16.6. The fraction of sp³-hybridized carbons (Fsp3) is 0.294. The average Bonchev–Trinajstić information content (AvgIpc) is 3.06. The number of ether oxygens (including phenoxy) is 1. The highest BCUT2D eigenvalue weighted by molar-refractivity contribution is 5.86. The van der Waals surface area contributed by atoms with Gasteiger partial charge in [0, 0.05) is 37.7 Å². The van der Waals surface area contributed by atoms with Crippen molar-refractivity contribution in [3.05, 3.63) is 48.9 Å². The minimum atomic E-state index is -4.90. The molecule has 1 aromatic carbocycles. The number of nitrogens with one attached hydrogen (secondary N) is 1. The summed E-state index contributed by atoms with van der Waals surface area (Å²) in [5.41, 5.74) is 0.0889. The SMILES string of the molecule is C=CC(=O)NC[C@H]1CN(c2ccc(OC(F)(F)F)cc2F)c2ccnn2C1. The minimum Gasteiger partial charge on any atom is -0.406 e. The molecule has 1 atom stereocenters. The van der Waals surface area contributed by atoms with E-state index < -0.39 is 17.9 Å². The number of anilines is 2. The van der Waals surface area contributed by atoms with Gasteiger partial charge in [-0.2, -0.15) is 5.10 Å². The lowest BCUT2D eigenvalue weighted by Gasteiger charge is -2.35. The largest absolute Gasteiger partial charge is 0.573 e. The van der Waals surface area contributed by atoms with Crippen molar-refractivity contribution >= 4 is 17.4 Å². The summed E-state index contributed by atoms with van der Waals surface area (Å²) in [5, 5.41) is 6.85. The fourth-order valence-corrected chi connectivity index (χ4v) is 2.92. The zero-order valence-corrected chi connectivity index (χ0v) is 14.0. The highest BCUT2D eigenvalue weighted by Gasteiger charge is 2.32. The van der Waals surface area contributed by atoms with Crippen LogP contribution in [0.2, 0.25) is 0 Å². The van der Waals surface area contributed by atoms with E-state index in [1.54, 1.807) is 21.8 Å². The maximum absolute atomic E-state index is 14.5. The summed E-state index contributed by atoms with van der Waals surface area (Å²) in [6.45, 7) is 4.55. The molecule has 0 unspecified atom stereocenters. The number of hydrogen-bond acceptors (Lipinski definition) is 4. The van der Waals surface area contributed by atoms with Crippen molar-refractivity contribution < 1.29 is 27.1 Å². The van der Waals surface area contributed by atoms with Crippen LogP contribution in [0, 0.1) is 11.7 Å². The maximum atomic E-state index is 14.5. The molecule has 0 fully saturated rings. The van der Waals surface area contributed by atoms with Gasteiger partial charge < -0.3 is 15.0 Å². The number of carbonyl (C=O) groups excluding carboxylic acids is 1. The van der Waals surface area contributed by atoms with E-state index >= 15 is 0 Å². The number of carbonyl (C=O) groups is 1. The first-order valence-corrected chi connectivity index (χ1v) is 8.02. The molecule has 1 aliphatic rings. The van der Waals surface area contributed by atoms with Crippen LogP contribution >= 0.6 is 0 Å². The molecular weight excluding hydrogens is 368 g/mol. The first-order valence-electron chi connectivity index (χ1n) is 8.02. The summed E-state index contributed by atoms with van der Waals surface area (Å²) in [7, 11) is 0. The van der Waals surface area contributed by atoms with E-state index in [-0.39, 0.29) is 17.5 Å². The van der Waals surface area contributed by atoms with Crippen molar-refractivity contribution in [2.24, 2.45) is 5.92 Å². The number of rotatable bonds is 5. The van der Waals surface area contributed by atoms with Crippen molar-refractivity contribution in [1.82, 2.24) is 15.1 Å². The highest BCUT2D eigenvalue weighted by Crippen LogP contribution is 2.35. The van der Waals surface area contributed by atoms with Crippen LogP contribution in [0.5, 0.6) is 5.75 Å². The van der Waals surface area contributed by atoms with Gasteiger partial charge in [-0.05, 0) is 18.2 Å². The molecule has 1 aliphatic heterocycles. The van der Waals surface area contributed by atoms with Crippen LogP contribution in [0.25, 0.3) is 0 Å². The number of amides is 1. The molecule has 27 heavy (non-hydrogen) atoms. The lowest BCUT2D eigenvalue weighted by molar-refractivity contribution is -0.274. The number of aromatic nitrogens is 2. The zero-order chi connectivity index (χ0) is 19.6. The Hall–Kier alpha value is -3.04. The predicted octanol–water partition coefficient (Wildman–Crippen LogP) is 2.99. The van der Waals surface area contributed by atoms with Gasteiger partial charge in [-0.15, -0.1) is 13.2 Å². The van der Waals surface area contributed by atoms with E-state index in [9.17, 15) is 22.4 Å². The second kappa shape index (κ2) is 7.29. The molecule has 144 valence electrons. The maximum Gasteiger partial charge on any atom is 0.573 e. The van der Waals surface area contributed by atoms with Gasteiger partial charge in [0.15, 0.2) is 5.82 Å². The third-order valence-electron chi connectivity index (χ3n) is 4.04. The van der Waals surface area contributed by atoms with Crippen molar-refractivity contribution in [2.45, 2.75) is 12.9 Å². The number of halogens is 4. The quantitative estimate of drug-likeness (QED) is 0.636. The average molecular weight is 384 g/mol. The molecule has 10 heteroatoms. The molecule has 1 N–H and O–H groups in total. The Labute approximate surface area is 152 Å². The number of benzene rings is 1. The third kappa shape index (κ3) is 4.39. The Bertz CT molecular complexity index is 850. The van der Waals surface area contributed by atoms with Crippen molar-refractivity contribution in [1.29, 1.82) is 0 Å². The van der Waals surface area contributed by atoms with E-state index in [0.29, 0.717) is 31.5 Å². The molecule has 0 saturated heterocycles. The molecule has 0 spiro atoms. The molecule has 0 aliphatic carbocycles. The summed E-state index contributed by atoms with van der Waals surface area (Å²) in [6.07, 6.45) is -2.20. The van der Waals surface area contributed by atoms with Crippen LogP contribution in [-0.4, -0.2) is 35.1 Å². The molecule has 0 radical (unpaired) electrons. The number of hydrogen-bond donors (Lipinski definition) is 1. The number of fused-ring (bicyclic) bond motifs is 1. The third-order valence-corrected chi connectivity index (χ3v) is 4.04. The molecule has 1 amide bonds. The second-order valence-corrected chi connectivity index (χ2v) is 5.96. The molecule has 3 rings (SSSR count). The summed E-state index contributed by atoms with van der Waals surface area (Å²) >= 11 is 0. The number of nitrogens with zero attached hydrogens (tertiary/aromatic N) is 3. The molecule has 0 bridgehead atoms. The van der Waals surface area contributed by atoms with Crippen LogP contribution in [-0.2, 0) is 11.3 Å². The first-order chi connectivity index (χ1) is 12.8. The van der Waals surface area contributed by atoms with Crippen LogP contribution < -0.4 is 15.0 Å². The van der Waals surface area contributed by atoms with Crippen molar-refractivity contribution in [3.8, 4) is 5.75 Å². The Kier molecular flexibility index (Phi) is 5.06. The van der Waals surface area contributed by atoms with Crippen LogP contribution in [0.3, 0.4) is 0 Å². The van der Waals surface area contributed by atoms with Gasteiger partial charge in [0.1, 0.15) is 11.6 Å². The zero-order valence-electron chi connectivity index (χ0n) is 14.0. The number of alkyl halides is 3. The topological polar surface area (TPSA) is 59.4 Å². The lowest BCUT2D eigenvalue weighted by atomic mass is 10.1. The molecule has 1 aromatic heterocycles. The monoisotopic (exact) mass is 384 g/mol. The fourth-order valence-electron chi connectivity index (χ4n) is 2.92. The van der Waals surface area contributed by atoms with E-state index in [1.807, 2.05) is 0 Å². The van der Waals surface area contributed by atoms with Crippen molar-refractivity contribution in [2.75, 3.05) is 18.0 Å². The Morgan fingerprint density at radius 2 is 2.15 bits per heavy atom. The van der Waals surface area contributed by atoms with Gasteiger partial charge in [-0.25, -0.2) is 9.07 Å². The summed E-state index contributed by atoms with van der Waals surface area (Å²) in [5.74, 6) is -1.31. The molecule has 0 saturated carbocycles. The lowest BCUT2D eigenvalue weighted by Crippen LogP contribution is -2.41. The minimum absolute atomic E-state index is 0.0889. The standard InChI is InChI=1S/C17H16F4N4O2/c1-2-15(26)22-8-11-9-24(16-5-6-23-25(16)10-11)14-4-3-12(7-13(14)18)27-17(19,20)21/h2-7,11H,1,8-10H2,(H,22,26)/t11-/m0/s1. The van der Waals surface area contributed by atoms with Gasteiger partial charge in [-0.1, -0.05) is 6.58 Å². The van der Waals surface area contributed by atoms with Crippen LogP contribution in [0.4, 0.5) is 29.1 Å². The summed E-state index contributed by atoms with van der Waals surface area (Å²) < 4.78 is 56.8. The first kappa shape index (κ1) is 18.7. The van der Waals surface area contributed by atoms with Gasteiger partial charge >= 0.3 is 6.36 Å².